The third-order valence-electron chi connectivity index (χ3n) is 4.88. The second kappa shape index (κ2) is 6.78. The predicted octanol–water partition coefficient (Wildman–Crippen LogP) is 3.79. The van der Waals surface area contributed by atoms with Crippen molar-refractivity contribution < 1.29 is 9.18 Å². The summed E-state index contributed by atoms with van der Waals surface area (Å²) in [4.78, 5) is 22.3. The van der Waals surface area contributed by atoms with E-state index in [-0.39, 0.29) is 18.1 Å². The minimum Gasteiger partial charge on any atom is -0.358 e. The number of aromatic nitrogens is 2. The van der Waals surface area contributed by atoms with Gasteiger partial charge in [-0.1, -0.05) is 0 Å². The first-order valence-electron chi connectivity index (χ1n) is 8.88. The number of rotatable bonds is 4. The summed E-state index contributed by atoms with van der Waals surface area (Å²) in [5.41, 5.74) is 3.20. The molecule has 0 spiro atoms. The molecule has 0 aliphatic carbocycles. The number of nitrogens with zero attached hydrogens (tertiary/aromatic N) is 2. The lowest BCUT2D eigenvalue weighted by Crippen LogP contribution is -2.19. The minimum absolute atomic E-state index is 0.144. The van der Waals surface area contributed by atoms with E-state index in [4.69, 9.17) is 0 Å². The van der Waals surface area contributed by atoms with Gasteiger partial charge >= 0.3 is 0 Å². The zero-order valence-corrected chi connectivity index (χ0v) is 14.7. The normalized spacial score (nSPS) is 14.2. The number of amides is 1. The Balaban J connectivity index is 1.47. The molecule has 1 aliphatic heterocycles. The SMILES string of the molecule is Cc1[nH]c2ccc(F)cc2c1CC(=O)Nc1ccc(N2CCCC2)nc1. The first-order valence-corrected chi connectivity index (χ1v) is 8.88. The van der Waals surface area contributed by atoms with Crippen molar-refractivity contribution in [3.8, 4) is 0 Å². The minimum atomic E-state index is -0.306. The van der Waals surface area contributed by atoms with Crippen LogP contribution in [0, 0.1) is 12.7 Å². The van der Waals surface area contributed by atoms with Gasteiger partial charge in [0.05, 0.1) is 18.3 Å². The maximum Gasteiger partial charge on any atom is 0.228 e. The Kier molecular flexibility index (Phi) is 4.32. The number of carbonyl (C=O) groups is 1. The molecule has 0 atom stereocenters. The van der Waals surface area contributed by atoms with Gasteiger partial charge < -0.3 is 15.2 Å². The van der Waals surface area contributed by atoms with Gasteiger partial charge in [0.15, 0.2) is 0 Å². The zero-order chi connectivity index (χ0) is 18.1. The van der Waals surface area contributed by atoms with Crippen LogP contribution in [0.15, 0.2) is 36.5 Å². The number of carbonyl (C=O) groups excluding carboxylic acids is 1. The number of hydrogen-bond acceptors (Lipinski definition) is 3. The molecule has 4 rings (SSSR count). The average Bonchev–Trinajstić information content (AvgIpc) is 3.25. The Morgan fingerprint density at radius 1 is 1.27 bits per heavy atom. The highest BCUT2D eigenvalue weighted by Crippen LogP contribution is 2.24. The van der Waals surface area contributed by atoms with Gasteiger partial charge in [0.1, 0.15) is 11.6 Å². The van der Waals surface area contributed by atoms with Gasteiger partial charge in [0.25, 0.3) is 0 Å². The Bertz CT molecular complexity index is 942. The number of halogens is 1. The molecule has 3 aromatic rings. The van der Waals surface area contributed by atoms with Crippen molar-refractivity contribution in [2.24, 2.45) is 0 Å². The van der Waals surface area contributed by atoms with Gasteiger partial charge in [-0.3, -0.25) is 4.79 Å². The summed E-state index contributed by atoms with van der Waals surface area (Å²) in [5.74, 6) is 0.497. The number of nitrogens with one attached hydrogen (secondary N) is 2. The fourth-order valence-corrected chi connectivity index (χ4v) is 3.54. The summed E-state index contributed by atoms with van der Waals surface area (Å²) >= 11 is 0. The highest BCUT2D eigenvalue weighted by molar-refractivity contribution is 5.96. The number of aryl methyl sites for hydroxylation is 1. The van der Waals surface area contributed by atoms with E-state index in [1.165, 1.54) is 25.0 Å². The van der Waals surface area contributed by atoms with Crippen molar-refractivity contribution in [2.45, 2.75) is 26.2 Å². The number of hydrogen-bond donors (Lipinski definition) is 2. The van der Waals surface area contributed by atoms with Gasteiger partial charge in [-0.05, 0) is 55.7 Å². The first kappa shape index (κ1) is 16.6. The lowest BCUT2D eigenvalue weighted by molar-refractivity contribution is -0.115. The molecule has 1 aromatic carbocycles. The quantitative estimate of drug-likeness (QED) is 0.751. The number of aromatic amines is 1. The first-order chi connectivity index (χ1) is 12.6. The van der Waals surface area contributed by atoms with Crippen LogP contribution in [0.25, 0.3) is 10.9 Å². The molecule has 0 unspecified atom stereocenters. The van der Waals surface area contributed by atoms with E-state index in [0.717, 1.165) is 41.1 Å². The summed E-state index contributed by atoms with van der Waals surface area (Å²) in [6, 6.07) is 8.39. The molecule has 0 bridgehead atoms. The van der Waals surface area contributed by atoms with Crippen LogP contribution >= 0.6 is 0 Å². The topological polar surface area (TPSA) is 61.0 Å². The molecule has 3 heterocycles. The summed E-state index contributed by atoms with van der Waals surface area (Å²) < 4.78 is 13.5. The summed E-state index contributed by atoms with van der Waals surface area (Å²) in [6.45, 7) is 3.97. The molecule has 6 heteroatoms. The van der Waals surface area contributed by atoms with Crippen molar-refractivity contribution in [3.05, 3.63) is 53.6 Å². The third-order valence-corrected chi connectivity index (χ3v) is 4.88. The number of fused-ring (bicyclic) bond motifs is 1. The monoisotopic (exact) mass is 352 g/mol. The van der Waals surface area contributed by atoms with Crippen LogP contribution in [-0.4, -0.2) is 29.0 Å². The van der Waals surface area contributed by atoms with E-state index < -0.39 is 0 Å². The molecule has 2 aromatic heterocycles. The van der Waals surface area contributed by atoms with Crippen molar-refractivity contribution in [1.29, 1.82) is 0 Å². The van der Waals surface area contributed by atoms with Crippen LogP contribution in [0.5, 0.6) is 0 Å². The number of anilines is 2. The third kappa shape index (κ3) is 3.27. The van der Waals surface area contributed by atoms with Crippen molar-refractivity contribution in [3.63, 3.8) is 0 Å². The molecule has 5 nitrogen and oxygen atoms in total. The number of benzene rings is 1. The van der Waals surface area contributed by atoms with Crippen molar-refractivity contribution in [1.82, 2.24) is 9.97 Å². The van der Waals surface area contributed by atoms with Crippen LogP contribution < -0.4 is 10.2 Å². The molecule has 1 amide bonds. The van der Waals surface area contributed by atoms with Crippen molar-refractivity contribution in [2.75, 3.05) is 23.3 Å². The van der Waals surface area contributed by atoms with Crippen LogP contribution in [0.2, 0.25) is 0 Å². The molecule has 26 heavy (non-hydrogen) atoms. The lowest BCUT2D eigenvalue weighted by Gasteiger charge is -2.16. The molecule has 1 fully saturated rings. The van der Waals surface area contributed by atoms with E-state index in [1.807, 2.05) is 19.1 Å². The largest absolute Gasteiger partial charge is 0.358 e. The van der Waals surface area contributed by atoms with E-state index in [2.05, 4.69) is 20.2 Å². The molecular weight excluding hydrogens is 331 g/mol. The standard InChI is InChI=1S/C20H21FN4O/c1-13-16(17-10-14(21)4-6-18(17)23-13)11-20(26)24-15-5-7-19(22-12-15)25-8-2-3-9-25/h4-7,10,12,23H,2-3,8-9,11H2,1H3,(H,24,26). The Labute approximate surface area is 151 Å². The molecular formula is C20H21FN4O. The molecule has 1 aliphatic rings. The molecule has 0 saturated carbocycles. The van der Waals surface area contributed by atoms with Crippen LogP contribution in [0.4, 0.5) is 15.9 Å². The molecule has 1 saturated heterocycles. The average molecular weight is 352 g/mol. The Hall–Kier alpha value is -2.89. The van der Waals surface area contributed by atoms with Gasteiger partial charge in [0.2, 0.25) is 5.91 Å². The molecule has 2 N–H and O–H groups in total. The van der Waals surface area contributed by atoms with Crippen LogP contribution in [0.1, 0.15) is 24.1 Å². The Morgan fingerprint density at radius 3 is 2.81 bits per heavy atom. The lowest BCUT2D eigenvalue weighted by atomic mass is 10.1. The second-order valence-electron chi connectivity index (χ2n) is 6.74. The fourth-order valence-electron chi connectivity index (χ4n) is 3.54. The van der Waals surface area contributed by atoms with Gasteiger partial charge in [-0.25, -0.2) is 9.37 Å². The highest BCUT2D eigenvalue weighted by atomic mass is 19.1. The summed E-state index contributed by atoms with van der Waals surface area (Å²) in [7, 11) is 0. The van der Waals surface area contributed by atoms with Crippen LogP contribution in [0.3, 0.4) is 0 Å². The summed E-state index contributed by atoms with van der Waals surface area (Å²) in [5, 5.41) is 3.63. The predicted molar refractivity (Wildman–Crippen MR) is 101 cm³/mol. The number of pyridine rings is 1. The van der Waals surface area contributed by atoms with Crippen LogP contribution in [-0.2, 0) is 11.2 Å². The van der Waals surface area contributed by atoms with Gasteiger partial charge in [-0.2, -0.15) is 0 Å². The van der Waals surface area contributed by atoms with Gasteiger partial charge in [-0.15, -0.1) is 0 Å². The van der Waals surface area contributed by atoms with E-state index in [1.54, 1.807) is 12.3 Å². The highest BCUT2D eigenvalue weighted by Gasteiger charge is 2.15. The molecule has 0 radical (unpaired) electrons. The second-order valence-corrected chi connectivity index (χ2v) is 6.74. The van der Waals surface area contributed by atoms with Crippen molar-refractivity contribution >= 4 is 28.3 Å². The smallest absolute Gasteiger partial charge is 0.228 e. The van der Waals surface area contributed by atoms with E-state index in [0.29, 0.717) is 5.69 Å². The van der Waals surface area contributed by atoms with E-state index >= 15 is 0 Å². The number of H-pyrrole nitrogens is 1. The maximum atomic E-state index is 13.5. The summed E-state index contributed by atoms with van der Waals surface area (Å²) in [6.07, 6.45) is 4.27. The Morgan fingerprint density at radius 2 is 2.08 bits per heavy atom. The fraction of sp³-hybridized carbons (Fsp3) is 0.300. The molecule has 134 valence electrons. The van der Waals surface area contributed by atoms with E-state index in [9.17, 15) is 9.18 Å². The maximum absolute atomic E-state index is 13.5. The van der Waals surface area contributed by atoms with Gasteiger partial charge in [0, 0.05) is 29.7 Å². The zero-order valence-electron chi connectivity index (χ0n) is 14.7.